The van der Waals surface area contributed by atoms with Crippen LogP contribution >= 0.6 is 0 Å². The van der Waals surface area contributed by atoms with Crippen LogP contribution in [0.25, 0.3) is 11.0 Å². The van der Waals surface area contributed by atoms with Gasteiger partial charge in [0.15, 0.2) is 0 Å². The first kappa shape index (κ1) is 20.1. The predicted molar refractivity (Wildman–Crippen MR) is 118 cm³/mol. The molecule has 1 aliphatic rings. The molecule has 6 heteroatoms. The van der Waals surface area contributed by atoms with Gasteiger partial charge in [0.2, 0.25) is 11.8 Å². The molecule has 0 unspecified atom stereocenters. The predicted octanol–water partition coefficient (Wildman–Crippen LogP) is 4.16. The number of nitrogens with zero attached hydrogens (tertiary/aromatic N) is 4. The molecule has 30 heavy (non-hydrogen) atoms. The van der Waals surface area contributed by atoms with E-state index in [2.05, 4.69) is 0 Å². The Morgan fingerprint density at radius 2 is 1.80 bits per heavy atom. The van der Waals surface area contributed by atoms with Crippen molar-refractivity contribution in [2.45, 2.75) is 52.2 Å². The number of benzene rings is 2. The van der Waals surface area contributed by atoms with Gasteiger partial charge in [0, 0.05) is 25.2 Å². The molecule has 0 N–H and O–H groups in total. The fourth-order valence-corrected chi connectivity index (χ4v) is 4.46. The van der Waals surface area contributed by atoms with Crippen molar-refractivity contribution in [2.75, 3.05) is 11.4 Å². The zero-order valence-electron chi connectivity index (χ0n) is 17.8. The van der Waals surface area contributed by atoms with Gasteiger partial charge in [-0.15, -0.1) is 0 Å². The average Bonchev–Trinajstić information content (AvgIpc) is 3.34. The molecule has 1 saturated heterocycles. The Labute approximate surface area is 177 Å². The summed E-state index contributed by atoms with van der Waals surface area (Å²) in [6.07, 6.45) is 1.81. The minimum Gasteiger partial charge on any atom is -0.333 e. The fourth-order valence-electron chi connectivity index (χ4n) is 4.46. The number of hydrogen-bond donors (Lipinski definition) is 0. The van der Waals surface area contributed by atoms with Crippen molar-refractivity contribution < 1.29 is 9.59 Å². The van der Waals surface area contributed by atoms with Crippen molar-refractivity contribution in [1.82, 2.24) is 14.5 Å². The maximum atomic E-state index is 13.5. The summed E-state index contributed by atoms with van der Waals surface area (Å²) in [6, 6.07) is 17.6. The van der Waals surface area contributed by atoms with Gasteiger partial charge < -0.3 is 14.4 Å². The summed E-state index contributed by atoms with van der Waals surface area (Å²) >= 11 is 0. The summed E-state index contributed by atoms with van der Waals surface area (Å²) in [6.45, 7) is 6.56. The van der Waals surface area contributed by atoms with Gasteiger partial charge in [-0.1, -0.05) is 30.3 Å². The molecule has 0 aliphatic carbocycles. The Kier molecular flexibility index (Phi) is 5.57. The summed E-state index contributed by atoms with van der Waals surface area (Å²) in [5.74, 6) is 0.859. The first-order valence-electron chi connectivity index (χ1n) is 10.6. The van der Waals surface area contributed by atoms with E-state index < -0.39 is 0 Å². The Hall–Kier alpha value is -3.15. The van der Waals surface area contributed by atoms with Gasteiger partial charge in [0.05, 0.1) is 17.1 Å². The quantitative estimate of drug-likeness (QED) is 0.642. The standard InChI is InChI=1S/C24H28N4O2/c1-17(2)28(19-10-5-4-6-11-19)23(30)16-27-21-13-8-7-12-20(21)25-24(27)22-14-9-15-26(22)18(3)29/h4-8,10-13,17,22H,9,14-16H2,1-3H3/t22-/m0/s1. The molecule has 4 rings (SSSR count). The summed E-state index contributed by atoms with van der Waals surface area (Å²) in [7, 11) is 0. The van der Waals surface area contributed by atoms with Crippen molar-refractivity contribution in [3.63, 3.8) is 0 Å². The van der Waals surface area contributed by atoms with Crippen LogP contribution in [0.4, 0.5) is 5.69 Å². The van der Waals surface area contributed by atoms with E-state index in [0.717, 1.165) is 41.9 Å². The van der Waals surface area contributed by atoms with Gasteiger partial charge in [-0.3, -0.25) is 9.59 Å². The van der Waals surface area contributed by atoms with E-state index in [-0.39, 0.29) is 30.4 Å². The number of hydrogen-bond acceptors (Lipinski definition) is 3. The van der Waals surface area contributed by atoms with Crippen LogP contribution in [0, 0.1) is 0 Å². The van der Waals surface area contributed by atoms with E-state index in [1.807, 2.05) is 82.8 Å². The maximum absolute atomic E-state index is 13.5. The molecule has 2 heterocycles. The number of amides is 2. The molecule has 0 radical (unpaired) electrons. The zero-order valence-corrected chi connectivity index (χ0v) is 17.8. The highest BCUT2D eigenvalue weighted by atomic mass is 16.2. The third-order valence-electron chi connectivity index (χ3n) is 5.75. The first-order chi connectivity index (χ1) is 14.5. The van der Waals surface area contributed by atoms with E-state index >= 15 is 0 Å². The molecule has 1 fully saturated rings. The van der Waals surface area contributed by atoms with E-state index in [9.17, 15) is 9.59 Å². The molecule has 3 aromatic rings. The van der Waals surface area contributed by atoms with Crippen LogP contribution in [0.3, 0.4) is 0 Å². The molecule has 2 aromatic carbocycles. The number of likely N-dealkylation sites (tertiary alicyclic amines) is 1. The highest BCUT2D eigenvalue weighted by Crippen LogP contribution is 2.33. The SMILES string of the molecule is CC(=O)N1CCC[C@H]1c1nc2ccccc2n1CC(=O)N(c1ccccc1)C(C)C. The zero-order chi connectivity index (χ0) is 21.3. The minimum absolute atomic E-state index is 0.00738. The first-order valence-corrected chi connectivity index (χ1v) is 10.6. The van der Waals surface area contributed by atoms with Crippen LogP contribution in [-0.4, -0.2) is 38.9 Å². The van der Waals surface area contributed by atoms with Gasteiger partial charge in [0.25, 0.3) is 0 Å². The number of carbonyl (C=O) groups is 2. The van der Waals surface area contributed by atoms with Crippen molar-refractivity contribution in [3.8, 4) is 0 Å². The number of aromatic nitrogens is 2. The van der Waals surface area contributed by atoms with Crippen molar-refractivity contribution >= 4 is 28.5 Å². The smallest absolute Gasteiger partial charge is 0.247 e. The molecular weight excluding hydrogens is 376 g/mol. The third kappa shape index (κ3) is 3.70. The van der Waals surface area contributed by atoms with E-state index in [0.29, 0.717) is 0 Å². The largest absolute Gasteiger partial charge is 0.333 e. The lowest BCUT2D eigenvalue weighted by Gasteiger charge is -2.28. The maximum Gasteiger partial charge on any atom is 0.247 e. The lowest BCUT2D eigenvalue weighted by Crippen LogP contribution is -2.40. The van der Waals surface area contributed by atoms with Crippen LogP contribution in [0.15, 0.2) is 54.6 Å². The lowest BCUT2D eigenvalue weighted by atomic mass is 10.2. The van der Waals surface area contributed by atoms with Crippen molar-refractivity contribution in [3.05, 3.63) is 60.4 Å². The molecule has 0 bridgehead atoms. The van der Waals surface area contributed by atoms with E-state index in [4.69, 9.17) is 4.98 Å². The van der Waals surface area contributed by atoms with Gasteiger partial charge in [-0.2, -0.15) is 0 Å². The topological polar surface area (TPSA) is 58.4 Å². The molecule has 1 aliphatic heterocycles. The number of anilines is 1. The monoisotopic (exact) mass is 404 g/mol. The van der Waals surface area contributed by atoms with E-state index in [1.54, 1.807) is 6.92 Å². The van der Waals surface area contributed by atoms with Crippen molar-refractivity contribution in [1.29, 1.82) is 0 Å². The second-order valence-electron chi connectivity index (χ2n) is 8.11. The van der Waals surface area contributed by atoms with Gasteiger partial charge in [-0.05, 0) is 51.0 Å². The van der Waals surface area contributed by atoms with Crippen molar-refractivity contribution in [2.24, 2.45) is 0 Å². The number of carbonyl (C=O) groups excluding carboxylic acids is 2. The summed E-state index contributed by atoms with van der Waals surface area (Å²) in [5, 5.41) is 0. The summed E-state index contributed by atoms with van der Waals surface area (Å²) < 4.78 is 2.00. The minimum atomic E-state index is -0.0908. The number of fused-ring (bicyclic) bond motifs is 1. The molecule has 156 valence electrons. The summed E-state index contributed by atoms with van der Waals surface area (Å²) in [4.78, 5) is 34.2. The third-order valence-corrected chi connectivity index (χ3v) is 5.75. The number of para-hydroxylation sites is 3. The number of imidazole rings is 1. The molecule has 1 atom stereocenters. The van der Waals surface area contributed by atoms with Gasteiger partial charge >= 0.3 is 0 Å². The Morgan fingerprint density at radius 3 is 2.50 bits per heavy atom. The second kappa shape index (κ2) is 8.30. The van der Waals surface area contributed by atoms with Gasteiger partial charge in [0.1, 0.15) is 12.4 Å². The molecule has 2 amide bonds. The average molecular weight is 405 g/mol. The van der Waals surface area contributed by atoms with E-state index in [1.165, 1.54) is 0 Å². The Balaban J connectivity index is 1.74. The molecule has 0 spiro atoms. The fraction of sp³-hybridized carbons (Fsp3) is 0.375. The Morgan fingerprint density at radius 1 is 1.10 bits per heavy atom. The summed E-state index contributed by atoms with van der Waals surface area (Å²) in [5.41, 5.74) is 2.66. The van der Waals surface area contributed by atoms with Crippen LogP contribution in [0.1, 0.15) is 45.5 Å². The highest BCUT2D eigenvalue weighted by molar-refractivity contribution is 5.94. The van der Waals surface area contributed by atoms with Gasteiger partial charge in [-0.25, -0.2) is 4.98 Å². The van der Waals surface area contributed by atoms with Crippen LogP contribution in [-0.2, 0) is 16.1 Å². The Bertz CT molecular complexity index is 1060. The van der Waals surface area contributed by atoms with Crippen LogP contribution < -0.4 is 4.90 Å². The van der Waals surface area contributed by atoms with Crippen LogP contribution in [0.2, 0.25) is 0 Å². The second-order valence-corrected chi connectivity index (χ2v) is 8.11. The molecule has 0 saturated carbocycles. The highest BCUT2D eigenvalue weighted by Gasteiger charge is 2.33. The normalized spacial score (nSPS) is 16.4. The molecule has 1 aromatic heterocycles. The molecular formula is C24H28N4O2. The lowest BCUT2D eigenvalue weighted by molar-refractivity contribution is -0.129. The molecule has 6 nitrogen and oxygen atoms in total. The number of rotatable bonds is 5. The van der Waals surface area contributed by atoms with Crippen LogP contribution in [0.5, 0.6) is 0 Å².